The Morgan fingerprint density at radius 2 is 2.00 bits per heavy atom. The summed E-state index contributed by atoms with van der Waals surface area (Å²) in [6.07, 6.45) is 1.39. The second-order valence-electron chi connectivity index (χ2n) is 2.15. The fourth-order valence-electron chi connectivity index (χ4n) is 0.712. The van der Waals surface area contributed by atoms with E-state index in [0.717, 1.165) is 6.42 Å². The van der Waals surface area contributed by atoms with E-state index in [9.17, 15) is 9.90 Å². The molecule has 8 heavy (non-hydrogen) atoms. The van der Waals surface area contributed by atoms with Crippen LogP contribution in [0.15, 0.2) is 0 Å². The first kappa shape index (κ1) is 5.56. The van der Waals surface area contributed by atoms with Crippen LogP contribution in [-0.2, 0) is 9.90 Å². The van der Waals surface area contributed by atoms with Crippen molar-refractivity contribution in [2.75, 3.05) is 0 Å². The lowest BCUT2D eigenvalue weighted by Crippen LogP contribution is -2.43. The van der Waals surface area contributed by atoms with Crippen LogP contribution in [0.25, 0.3) is 0 Å². The summed E-state index contributed by atoms with van der Waals surface area (Å²) in [5, 5.41) is 18.8. The van der Waals surface area contributed by atoms with E-state index in [1.54, 1.807) is 0 Å². The SMILES string of the molecule is [O]C1(C(=O)O)CCC1. The molecule has 0 heterocycles. The molecule has 1 saturated carbocycles. The highest BCUT2D eigenvalue weighted by Gasteiger charge is 2.44. The van der Waals surface area contributed by atoms with Crippen LogP contribution in [0.3, 0.4) is 0 Å². The summed E-state index contributed by atoms with van der Waals surface area (Å²) in [6.45, 7) is 0. The maximum atomic E-state index is 10.7. The lowest BCUT2D eigenvalue weighted by molar-refractivity contribution is -0.178. The van der Waals surface area contributed by atoms with E-state index in [2.05, 4.69) is 0 Å². The van der Waals surface area contributed by atoms with Gasteiger partial charge < -0.3 is 5.11 Å². The van der Waals surface area contributed by atoms with Gasteiger partial charge in [-0.15, -0.1) is 0 Å². The van der Waals surface area contributed by atoms with E-state index in [-0.39, 0.29) is 0 Å². The van der Waals surface area contributed by atoms with E-state index in [0.29, 0.717) is 12.8 Å². The molecule has 0 atom stereocenters. The molecule has 3 heteroatoms. The zero-order chi connectivity index (χ0) is 6.20. The van der Waals surface area contributed by atoms with E-state index in [4.69, 9.17) is 5.11 Å². The van der Waals surface area contributed by atoms with Crippen LogP contribution in [0.1, 0.15) is 19.3 Å². The summed E-state index contributed by atoms with van der Waals surface area (Å²) >= 11 is 0. The maximum Gasteiger partial charge on any atom is 0.339 e. The molecule has 1 aliphatic carbocycles. The van der Waals surface area contributed by atoms with Gasteiger partial charge in [0.15, 0.2) is 5.60 Å². The highest BCUT2D eigenvalue weighted by molar-refractivity contribution is 5.77. The molecule has 0 bridgehead atoms. The van der Waals surface area contributed by atoms with Gasteiger partial charge in [-0.3, -0.25) is 0 Å². The minimum absolute atomic E-state index is 0.308. The van der Waals surface area contributed by atoms with E-state index in [1.807, 2.05) is 0 Å². The topological polar surface area (TPSA) is 57.2 Å². The number of rotatable bonds is 1. The Hall–Kier alpha value is -0.570. The lowest BCUT2D eigenvalue weighted by atomic mass is 9.81. The highest BCUT2D eigenvalue weighted by atomic mass is 16.4. The predicted molar refractivity (Wildman–Crippen MR) is 24.9 cm³/mol. The zero-order valence-electron chi connectivity index (χ0n) is 4.39. The first-order chi connectivity index (χ1) is 3.65. The van der Waals surface area contributed by atoms with Crippen molar-refractivity contribution in [3.05, 3.63) is 0 Å². The van der Waals surface area contributed by atoms with Gasteiger partial charge in [0.25, 0.3) is 0 Å². The smallest absolute Gasteiger partial charge is 0.339 e. The molecule has 1 rings (SSSR count). The van der Waals surface area contributed by atoms with Crippen molar-refractivity contribution < 1.29 is 15.0 Å². The van der Waals surface area contributed by atoms with Crippen LogP contribution < -0.4 is 0 Å². The van der Waals surface area contributed by atoms with Crippen molar-refractivity contribution in [3.63, 3.8) is 0 Å². The second kappa shape index (κ2) is 1.45. The highest BCUT2D eigenvalue weighted by Crippen LogP contribution is 2.31. The Balaban J connectivity index is 2.53. The largest absolute Gasteiger partial charge is 0.479 e. The van der Waals surface area contributed by atoms with Crippen molar-refractivity contribution in [1.82, 2.24) is 0 Å². The van der Waals surface area contributed by atoms with Crippen molar-refractivity contribution in [2.24, 2.45) is 0 Å². The first-order valence-electron chi connectivity index (χ1n) is 2.59. The van der Waals surface area contributed by atoms with E-state index < -0.39 is 11.6 Å². The molecule has 0 aromatic rings. The Kier molecular flexibility index (Phi) is 1.01. The summed E-state index contributed by atoms with van der Waals surface area (Å²) in [5.41, 5.74) is -1.61. The van der Waals surface area contributed by atoms with Crippen molar-refractivity contribution in [3.8, 4) is 0 Å². The fourth-order valence-corrected chi connectivity index (χ4v) is 0.712. The molecule has 45 valence electrons. The quantitative estimate of drug-likeness (QED) is 0.538. The molecule has 1 radical (unpaired) electrons. The van der Waals surface area contributed by atoms with Crippen LogP contribution >= 0.6 is 0 Å². The molecule has 1 N–H and O–H groups in total. The molecule has 1 fully saturated rings. The van der Waals surface area contributed by atoms with Crippen LogP contribution in [-0.4, -0.2) is 16.7 Å². The van der Waals surface area contributed by atoms with Crippen LogP contribution in [0.2, 0.25) is 0 Å². The normalized spacial score (nSPS) is 24.1. The number of carboxylic acids is 1. The number of carbonyl (C=O) groups is 1. The molecule has 0 spiro atoms. The van der Waals surface area contributed by atoms with Crippen molar-refractivity contribution in [1.29, 1.82) is 0 Å². The Morgan fingerprint density at radius 3 is 2.00 bits per heavy atom. The predicted octanol–water partition coefficient (Wildman–Crippen LogP) is 0.424. The molecule has 0 unspecified atom stereocenters. The maximum absolute atomic E-state index is 10.7. The van der Waals surface area contributed by atoms with Gasteiger partial charge >= 0.3 is 5.97 Å². The fraction of sp³-hybridized carbons (Fsp3) is 0.800. The molecule has 0 aromatic heterocycles. The number of aliphatic carboxylic acids is 1. The van der Waals surface area contributed by atoms with Gasteiger partial charge in [0.2, 0.25) is 0 Å². The number of carboxylic acid groups (broad SMARTS) is 1. The molecule has 0 aliphatic heterocycles. The number of hydrogen-bond donors (Lipinski definition) is 1. The molecule has 0 saturated heterocycles. The average molecular weight is 115 g/mol. The zero-order valence-corrected chi connectivity index (χ0v) is 4.39. The molecule has 0 aromatic carbocycles. The summed E-state index contributed by atoms with van der Waals surface area (Å²) in [5.74, 6) is -1.19. The molecular formula is C5H7O3. The minimum Gasteiger partial charge on any atom is -0.479 e. The third kappa shape index (κ3) is 0.591. The summed E-state index contributed by atoms with van der Waals surface area (Å²) < 4.78 is 0. The van der Waals surface area contributed by atoms with Crippen LogP contribution in [0.5, 0.6) is 0 Å². The van der Waals surface area contributed by atoms with E-state index in [1.165, 1.54) is 0 Å². The van der Waals surface area contributed by atoms with Crippen molar-refractivity contribution in [2.45, 2.75) is 24.9 Å². The lowest BCUT2D eigenvalue weighted by Gasteiger charge is -2.28. The van der Waals surface area contributed by atoms with Gasteiger partial charge in [-0.05, 0) is 19.3 Å². The number of hydrogen-bond acceptors (Lipinski definition) is 1. The van der Waals surface area contributed by atoms with Crippen molar-refractivity contribution >= 4 is 5.97 Å². The summed E-state index contributed by atoms with van der Waals surface area (Å²) in [6, 6.07) is 0. The van der Waals surface area contributed by atoms with Gasteiger partial charge in [-0.2, -0.15) is 0 Å². The summed E-state index contributed by atoms with van der Waals surface area (Å²) in [7, 11) is 0. The van der Waals surface area contributed by atoms with Gasteiger partial charge in [-0.25, -0.2) is 9.90 Å². The van der Waals surface area contributed by atoms with E-state index >= 15 is 0 Å². The van der Waals surface area contributed by atoms with Crippen LogP contribution in [0.4, 0.5) is 0 Å². The van der Waals surface area contributed by atoms with Gasteiger partial charge in [0.05, 0.1) is 0 Å². The van der Waals surface area contributed by atoms with Crippen LogP contribution in [0, 0.1) is 0 Å². The standard InChI is InChI=1S/C5H7O3/c6-4(7)5(8)2-1-3-5/h1-3H2,(H,6,7). The minimum atomic E-state index is -1.61. The molecule has 0 amide bonds. The monoisotopic (exact) mass is 115 g/mol. The summed E-state index contributed by atoms with van der Waals surface area (Å²) in [4.78, 5) is 9.99. The third-order valence-corrected chi connectivity index (χ3v) is 1.55. The van der Waals surface area contributed by atoms with Gasteiger partial charge in [0, 0.05) is 0 Å². The first-order valence-corrected chi connectivity index (χ1v) is 2.59. The Bertz CT molecular complexity index is 115. The van der Waals surface area contributed by atoms with Gasteiger partial charge in [-0.1, -0.05) is 0 Å². The third-order valence-electron chi connectivity index (χ3n) is 1.55. The second-order valence-corrected chi connectivity index (χ2v) is 2.15. The van der Waals surface area contributed by atoms with Gasteiger partial charge in [0.1, 0.15) is 0 Å². The molecule has 1 aliphatic rings. The average Bonchev–Trinajstić information content (AvgIpc) is 1.60. The molecule has 3 nitrogen and oxygen atoms in total. The Morgan fingerprint density at radius 1 is 1.50 bits per heavy atom. The molecular weight excluding hydrogens is 108 g/mol. The Labute approximate surface area is 46.9 Å².